The van der Waals surface area contributed by atoms with E-state index in [2.05, 4.69) is 20.9 Å². The normalized spacial score (nSPS) is 10.7. The molecule has 3 aromatic rings. The van der Waals surface area contributed by atoms with Crippen molar-refractivity contribution in [1.29, 1.82) is 0 Å². The van der Waals surface area contributed by atoms with Gasteiger partial charge in [0.1, 0.15) is 18.0 Å². The molecule has 134 valence electrons. The third-order valence-electron chi connectivity index (χ3n) is 3.69. The van der Waals surface area contributed by atoms with Gasteiger partial charge in [-0.3, -0.25) is 14.9 Å². The lowest BCUT2D eigenvalue weighted by Crippen LogP contribution is -2.42. The van der Waals surface area contributed by atoms with Crippen molar-refractivity contribution in [2.75, 3.05) is 6.54 Å². The Bertz CT molecular complexity index is 1020. The molecule has 0 aliphatic carbocycles. The van der Waals surface area contributed by atoms with Gasteiger partial charge >= 0.3 is 6.03 Å². The predicted octanol–water partition coefficient (Wildman–Crippen LogP) is 1.21. The summed E-state index contributed by atoms with van der Waals surface area (Å²) in [7, 11) is 0. The van der Waals surface area contributed by atoms with Crippen LogP contribution in [0.2, 0.25) is 0 Å². The van der Waals surface area contributed by atoms with Crippen molar-refractivity contribution in [3.63, 3.8) is 0 Å². The number of nitrogens with zero attached hydrogens (tertiary/aromatic N) is 3. The topological polar surface area (TPSA) is 119 Å². The van der Waals surface area contributed by atoms with Crippen molar-refractivity contribution >= 4 is 22.8 Å². The first kappa shape index (κ1) is 17.3. The van der Waals surface area contributed by atoms with Crippen molar-refractivity contribution in [2.24, 2.45) is 0 Å². The number of imide groups is 1. The molecule has 2 N–H and O–H groups in total. The van der Waals surface area contributed by atoms with E-state index in [1.165, 1.54) is 0 Å². The molecular formula is C17H17N5O4. The van der Waals surface area contributed by atoms with Crippen LogP contribution in [-0.4, -0.2) is 33.4 Å². The summed E-state index contributed by atoms with van der Waals surface area (Å²) in [6, 6.07) is 8.56. The number of aromatic nitrogens is 3. The van der Waals surface area contributed by atoms with E-state index in [-0.39, 0.29) is 5.52 Å². The first-order chi connectivity index (χ1) is 12.5. The van der Waals surface area contributed by atoms with E-state index in [1.807, 2.05) is 30.3 Å². The lowest BCUT2D eigenvalue weighted by Gasteiger charge is -2.09. The van der Waals surface area contributed by atoms with Crippen molar-refractivity contribution in [2.45, 2.75) is 20.4 Å². The van der Waals surface area contributed by atoms with Gasteiger partial charge in [0, 0.05) is 12.1 Å². The lowest BCUT2D eigenvalue weighted by atomic mass is 10.1. The molecule has 0 fully saturated rings. The Morgan fingerprint density at radius 3 is 2.65 bits per heavy atom. The zero-order valence-electron chi connectivity index (χ0n) is 14.3. The number of fused-ring (bicyclic) bond motifs is 1. The zero-order chi connectivity index (χ0) is 18.7. The number of nitrogens with one attached hydrogen (secondary N) is 2. The highest BCUT2D eigenvalue weighted by molar-refractivity contribution is 5.95. The number of aryl methyl sites for hydroxylation is 1. The largest absolute Gasteiger partial charge is 0.360 e. The van der Waals surface area contributed by atoms with Crippen LogP contribution >= 0.6 is 0 Å². The van der Waals surface area contributed by atoms with E-state index < -0.39 is 24.0 Å². The maximum Gasteiger partial charge on any atom is 0.321 e. The average molecular weight is 355 g/mol. The maximum absolute atomic E-state index is 12.6. The second-order valence-corrected chi connectivity index (χ2v) is 5.55. The predicted molar refractivity (Wildman–Crippen MR) is 93.5 cm³/mol. The van der Waals surface area contributed by atoms with Crippen molar-refractivity contribution in [3.8, 4) is 11.3 Å². The van der Waals surface area contributed by atoms with Crippen LogP contribution in [0.25, 0.3) is 22.2 Å². The first-order valence-corrected chi connectivity index (χ1v) is 8.01. The first-order valence-electron chi connectivity index (χ1n) is 8.01. The highest BCUT2D eigenvalue weighted by atomic mass is 16.5. The molecule has 0 aliphatic rings. The molecule has 26 heavy (non-hydrogen) atoms. The SMILES string of the molecule is CCNC(=O)NC(=O)Cn1nc(-c2ccccc2)c2c(C)onc2c1=O. The fourth-order valence-corrected chi connectivity index (χ4v) is 2.55. The third kappa shape index (κ3) is 3.32. The number of amides is 3. The second kappa shape index (κ2) is 7.18. The fraction of sp³-hybridized carbons (Fsp3) is 0.235. The van der Waals surface area contributed by atoms with Gasteiger partial charge in [0.25, 0.3) is 5.56 Å². The Morgan fingerprint density at radius 1 is 1.23 bits per heavy atom. The average Bonchev–Trinajstić information content (AvgIpc) is 3.00. The quantitative estimate of drug-likeness (QED) is 0.726. The van der Waals surface area contributed by atoms with Crippen LogP contribution in [0.4, 0.5) is 4.79 Å². The Hall–Kier alpha value is -3.49. The minimum absolute atomic E-state index is 0.0853. The minimum Gasteiger partial charge on any atom is -0.360 e. The monoisotopic (exact) mass is 355 g/mol. The van der Waals surface area contributed by atoms with Gasteiger partial charge in [0.05, 0.1) is 5.39 Å². The number of carbonyl (C=O) groups is 2. The van der Waals surface area contributed by atoms with Gasteiger partial charge in [0.15, 0.2) is 5.52 Å². The van der Waals surface area contributed by atoms with Crippen LogP contribution < -0.4 is 16.2 Å². The Morgan fingerprint density at radius 2 is 1.96 bits per heavy atom. The summed E-state index contributed by atoms with van der Waals surface area (Å²) < 4.78 is 6.12. The second-order valence-electron chi connectivity index (χ2n) is 5.55. The summed E-state index contributed by atoms with van der Waals surface area (Å²) in [6.07, 6.45) is 0. The molecule has 0 saturated carbocycles. The zero-order valence-corrected chi connectivity index (χ0v) is 14.3. The summed E-state index contributed by atoms with van der Waals surface area (Å²) in [6.45, 7) is 3.37. The molecule has 0 saturated heterocycles. The van der Waals surface area contributed by atoms with Crippen LogP contribution in [0.15, 0.2) is 39.6 Å². The third-order valence-corrected chi connectivity index (χ3v) is 3.69. The van der Waals surface area contributed by atoms with Gasteiger partial charge in [-0.1, -0.05) is 35.5 Å². The molecule has 2 aromatic heterocycles. The number of carbonyl (C=O) groups excluding carboxylic acids is 2. The Kier molecular flexibility index (Phi) is 4.78. The molecule has 9 nitrogen and oxygen atoms in total. The number of hydrogen-bond acceptors (Lipinski definition) is 6. The van der Waals surface area contributed by atoms with Gasteiger partial charge in [-0.15, -0.1) is 0 Å². The molecule has 9 heteroatoms. The smallest absolute Gasteiger partial charge is 0.321 e. The van der Waals surface area contributed by atoms with E-state index in [9.17, 15) is 14.4 Å². The molecule has 0 radical (unpaired) electrons. The minimum atomic E-state index is -0.663. The standard InChI is InChI=1S/C17H17N5O4/c1-3-18-17(25)19-12(23)9-22-16(24)15-13(10(2)26-21-15)14(20-22)11-7-5-4-6-8-11/h4-8H,3,9H2,1-2H3,(H2,18,19,23,25). The fourth-order valence-electron chi connectivity index (χ4n) is 2.55. The van der Waals surface area contributed by atoms with Crippen LogP contribution in [0, 0.1) is 6.92 Å². The van der Waals surface area contributed by atoms with Crippen LogP contribution in [0.1, 0.15) is 12.7 Å². The highest BCUT2D eigenvalue weighted by Crippen LogP contribution is 2.26. The van der Waals surface area contributed by atoms with E-state index in [0.29, 0.717) is 23.4 Å². The van der Waals surface area contributed by atoms with E-state index in [0.717, 1.165) is 10.2 Å². The summed E-state index contributed by atoms with van der Waals surface area (Å²) in [4.78, 5) is 36.0. The molecule has 3 amide bonds. The van der Waals surface area contributed by atoms with E-state index >= 15 is 0 Å². The summed E-state index contributed by atoms with van der Waals surface area (Å²) in [5.41, 5.74) is 0.746. The molecule has 0 aliphatic heterocycles. The van der Waals surface area contributed by atoms with Crippen molar-refractivity contribution in [3.05, 3.63) is 46.4 Å². The Balaban J connectivity index is 2.04. The molecular weight excluding hydrogens is 338 g/mol. The molecule has 0 atom stereocenters. The summed E-state index contributed by atoms with van der Waals surface area (Å²) in [5.74, 6) is -0.202. The summed E-state index contributed by atoms with van der Waals surface area (Å²) >= 11 is 0. The van der Waals surface area contributed by atoms with E-state index in [1.54, 1.807) is 13.8 Å². The van der Waals surface area contributed by atoms with E-state index in [4.69, 9.17) is 4.52 Å². The summed E-state index contributed by atoms with van der Waals surface area (Å²) in [5, 5.41) is 13.2. The van der Waals surface area contributed by atoms with Crippen LogP contribution in [0.3, 0.4) is 0 Å². The van der Waals surface area contributed by atoms with Crippen molar-refractivity contribution < 1.29 is 14.1 Å². The van der Waals surface area contributed by atoms with Gasteiger partial charge < -0.3 is 9.84 Å². The van der Waals surface area contributed by atoms with Gasteiger partial charge in [0.2, 0.25) is 5.91 Å². The number of urea groups is 1. The highest BCUT2D eigenvalue weighted by Gasteiger charge is 2.20. The Labute approximate surface area is 148 Å². The van der Waals surface area contributed by atoms with Gasteiger partial charge in [-0.25, -0.2) is 9.48 Å². The lowest BCUT2D eigenvalue weighted by molar-refractivity contribution is -0.120. The molecule has 2 heterocycles. The molecule has 0 bridgehead atoms. The van der Waals surface area contributed by atoms with Crippen LogP contribution in [-0.2, 0) is 11.3 Å². The number of hydrogen-bond donors (Lipinski definition) is 2. The van der Waals surface area contributed by atoms with Gasteiger partial charge in [-0.05, 0) is 13.8 Å². The number of benzene rings is 1. The molecule has 0 unspecified atom stereocenters. The molecule has 0 spiro atoms. The van der Waals surface area contributed by atoms with Crippen molar-refractivity contribution in [1.82, 2.24) is 25.6 Å². The molecule has 1 aromatic carbocycles. The molecule has 3 rings (SSSR count). The maximum atomic E-state index is 12.6. The van der Waals surface area contributed by atoms with Gasteiger partial charge in [-0.2, -0.15) is 5.10 Å². The van der Waals surface area contributed by atoms with Crippen LogP contribution in [0.5, 0.6) is 0 Å². The number of rotatable bonds is 4.